The van der Waals surface area contributed by atoms with E-state index in [0.717, 1.165) is 64.4 Å². The number of benzene rings is 3. The van der Waals surface area contributed by atoms with Crippen molar-refractivity contribution in [3.63, 3.8) is 0 Å². The molecule has 3 aromatic rings. The SMILES string of the molecule is CCCCOC(C)O[C@H]1C=CC2C3CCc4cc(OC(=O)c5ccccc5)ccc4C3CC[C@@]21C.C[C@]12CCC3c4ccc(O)cc4CCC3C1[C@@H](O)[C@@H](O)[C@@H]2O. The molecule has 7 unspecified atom stereocenters. The van der Waals surface area contributed by atoms with E-state index in [1.165, 1.54) is 28.7 Å². The van der Waals surface area contributed by atoms with Crippen LogP contribution in [0.25, 0.3) is 0 Å². The third-order valence-electron chi connectivity index (χ3n) is 15.3. The zero-order chi connectivity index (χ0) is 40.1. The lowest BCUT2D eigenvalue weighted by atomic mass is 9.55. The smallest absolute Gasteiger partial charge is 0.343 e. The number of aliphatic hydroxyl groups is 3. The molecular weight excluding hydrogens is 717 g/mol. The number of phenolic OH excluding ortho intramolecular Hbond substituents is 1. The number of esters is 1. The van der Waals surface area contributed by atoms with Crippen molar-refractivity contribution in [1.82, 2.24) is 0 Å². The van der Waals surface area contributed by atoms with Gasteiger partial charge in [-0.15, -0.1) is 0 Å². The third kappa shape index (κ3) is 7.39. The summed E-state index contributed by atoms with van der Waals surface area (Å²) in [7, 11) is 0. The molecule has 3 aromatic carbocycles. The Morgan fingerprint density at radius 1 is 0.807 bits per heavy atom. The predicted octanol–water partition coefficient (Wildman–Crippen LogP) is 8.64. The molecule has 0 aromatic heterocycles. The fourth-order valence-electron chi connectivity index (χ4n) is 12.2. The molecule has 57 heavy (non-hydrogen) atoms. The summed E-state index contributed by atoms with van der Waals surface area (Å²) in [5.41, 5.74) is 5.57. The van der Waals surface area contributed by atoms with Crippen LogP contribution in [0.2, 0.25) is 0 Å². The Morgan fingerprint density at radius 2 is 1.47 bits per heavy atom. The summed E-state index contributed by atoms with van der Waals surface area (Å²) in [5.74, 6) is 2.94. The number of carbonyl (C=O) groups is 1. The first kappa shape index (κ1) is 40.3. The fraction of sp³-hybridized carbons (Fsp3) is 0.571. The van der Waals surface area contributed by atoms with Crippen molar-refractivity contribution in [1.29, 1.82) is 0 Å². The summed E-state index contributed by atoms with van der Waals surface area (Å²) in [4.78, 5) is 12.5. The van der Waals surface area contributed by atoms with E-state index in [1.807, 2.05) is 50.2 Å². The summed E-state index contributed by atoms with van der Waals surface area (Å²) in [6.07, 6.45) is 12.3. The highest BCUT2D eigenvalue weighted by atomic mass is 16.7. The molecule has 0 saturated heterocycles. The first-order valence-corrected chi connectivity index (χ1v) is 21.6. The molecule has 0 bridgehead atoms. The number of unbranched alkanes of at least 4 members (excludes halogenated alkanes) is 1. The van der Waals surface area contributed by atoms with Crippen LogP contribution in [0.4, 0.5) is 0 Å². The standard InChI is InChI=1S/C31H38O4.C18H24O4/c1-4-5-19-33-21(2)34-29-16-15-28-27-13-11-23-20-24(35-30(32)22-9-7-6-8-10-22)12-14-25(23)26(27)17-18-31(28,29)3;1-18-7-6-12-11-5-3-10(19)8-9(11)2-4-13(12)14(18)15(20)16(21)17(18)22/h6-10,12,14-16,20-21,26-29H,4-5,11,13,17-19H2,1-3H3;3,5,8,12-17,19-22H,2,4,6-7H2,1H3/t21?,26?,27?,28?,29-,31-;12?,13?,14?,15-,16-,17+,18+/m01/s1. The first-order valence-electron chi connectivity index (χ1n) is 21.6. The summed E-state index contributed by atoms with van der Waals surface area (Å²) in [5, 5.41) is 40.7. The minimum Gasteiger partial charge on any atom is -0.508 e. The zero-order valence-corrected chi connectivity index (χ0v) is 34.1. The van der Waals surface area contributed by atoms with E-state index >= 15 is 0 Å². The molecule has 3 fully saturated rings. The van der Waals surface area contributed by atoms with Crippen molar-refractivity contribution in [3.8, 4) is 11.5 Å². The summed E-state index contributed by atoms with van der Waals surface area (Å²) < 4.78 is 18.0. The number of aryl methyl sites for hydroxylation is 2. The van der Waals surface area contributed by atoms with E-state index in [0.29, 0.717) is 40.7 Å². The van der Waals surface area contributed by atoms with Gasteiger partial charge in [0.1, 0.15) is 17.6 Å². The van der Waals surface area contributed by atoms with Crippen molar-refractivity contribution in [2.75, 3.05) is 6.61 Å². The maximum atomic E-state index is 12.5. The number of aromatic hydroxyl groups is 1. The van der Waals surface area contributed by atoms with Crippen molar-refractivity contribution in [3.05, 3.63) is 107 Å². The lowest BCUT2D eigenvalue weighted by Crippen LogP contribution is -2.46. The first-order chi connectivity index (χ1) is 27.4. The molecule has 6 aliphatic carbocycles. The monoisotopic (exact) mass is 778 g/mol. The topological polar surface area (TPSA) is 126 Å². The van der Waals surface area contributed by atoms with Gasteiger partial charge >= 0.3 is 5.97 Å². The zero-order valence-electron chi connectivity index (χ0n) is 34.1. The number of ether oxygens (including phenoxy) is 3. The molecule has 3 saturated carbocycles. The minimum absolute atomic E-state index is 0.0572. The number of allylic oxidation sites excluding steroid dienone is 1. The molecule has 13 atom stereocenters. The van der Waals surface area contributed by atoms with Crippen molar-refractivity contribution in [2.45, 2.75) is 134 Å². The van der Waals surface area contributed by atoms with Gasteiger partial charge in [-0.05, 0) is 159 Å². The molecule has 8 heteroatoms. The quantitative estimate of drug-likeness (QED) is 0.0589. The Bertz CT molecular complexity index is 1930. The Kier molecular flexibility index (Phi) is 11.5. The van der Waals surface area contributed by atoms with Crippen LogP contribution in [0.3, 0.4) is 0 Å². The minimum atomic E-state index is -1.03. The highest BCUT2D eigenvalue weighted by Crippen LogP contribution is 2.62. The van der Waals surface area contributed by atoms with Gasteiger partial charge in [-0.3, -0.25) is 0 Å². The van der Waals surface area contributed by atoms with Gasteiger partial charge in [-0.1, -0.05) is 69.7 Å². The van der Waals surface area contributed by atoms with Crippen LogP contribution in [0.5, 0.6) is 11.5 Å². The molecule has 0 amide bonds. The summed E-state index contributed by atoms with van der Waals surface area (Å²) in [6, 6.07) is 21.1. The van der Waals surface area contributed by atoms with Crippen LogP contribution >= 0.6 is 0 Å². The molecule has 0 aliphatic heterocycles. The van der Waals surface area contributed by atoms with Crippen LogP contribution in [0.15, 0.2) is 78.9 Å². The second kappa shape index (κ2) is 16.3. The number of phenols is 1. The lowest BCUT2D eigenvalue weighted by Gasteiger charge is -2.50. The molecule has 9 rings (SSSR count). The second-order valence-electron chi connectivity index (χ2n) is 18.4. The second-order valence-corrected chi connectivity index (χ2v) is 18.4. The largest absolute Gasteiger partial charge is 0.508 e. The maximum absolute atomic E-state index is 12.5. The number of hydrogen-bond acceptors (Lipinski definition) is 8. The number of fused-ring (bicyclic) bond motifs is 10. The molecule has 8 nitrogen and oxygen atoms in total. The van der Waals surface area contributed by atoms with Gasteiger partial charge in [-0.2, -0.15) is 0 Å². The maximum Gasteiger partial charge on any atom is 0.343 e. The summed E-state index contributed by atoms with van der Waals surface area (Å²) in [6.45, 7) is 9.41. The van der Waals surface area contributed by atoms with E-state index in [2.05, 4.69) is 38.1 Å². The van der Waals surface area contributed by atoms with E-state index in [4.69, 9.17) is 14.2 Å². The van der Waals surface area contributed by atoms with Gasteiger partial charge in [0.25, 0.3) is 0 Å². The number of aliphatic hydroxyl groups excluding tert-OH is 3. The number of rotatable bonds is 8. The van der Waals surface area contributed by atoms with Gasteiger partial charge < -0.3 is 34.6 Å². The molecule has 0 heterocycles. The van der Waals surface area contributed by atoms with E-state index in [9.17, 15) is 25.2 Å². The molecular formula is C49H62O8. The molecule has 4 N–H and O–H groups in total. The Morgan fingerprint density at radius 3 is 2.21 bits per heavy atom. The van der Waals surface area contributed by atoms with E-state index in [1.54, 1.807) is 18.2 Å². The van der Waals surface area contributed by atoms with Crippen LogP contribution in [-0.4, -0.2) is 63.7 Å². The van der Waals surface area contributed by atoms with Crippen LogP contribution < -0.4 is 4.74 Å². The van der Waals surface area contributed by atoms with Crippen LogP contribution in [-0.2, 0) is 22.3 Å². The lowest BCUT2D eigenvalue weighted by molar-refractivity contribution is -0.182. The van der Waals surface area contributed by atoms with Gasteiger partial charge in [0.2, 0.25) is 0 Å². The Balaban J connectivity index is 0.000000177. The van der Waals surface area contributed by atoms with E-state index < -0.39 is 23.7 Å². The molecule has 6 aliphatic rings. The van der Waals surface area contributed by atoms with Crippen LogP contribution in [0, 0.1) is 34.5 Å². The molecule has 306 valence electrons. The Hall–Kier alpha value is -3.53. The highest BCUT2D eigenvalue weighted by molar-refractivity contribution is 5.91. The number of carbonyl (C=O) groups excluding carboxylic acids is 1. The fourth-order valence-corrected chi connectivity index (χ4v) is 12.2. The van der Waals surface area contributed by atoms with Crippen LogP contribution in [0.1, 0.15) is 124 Å². The normalized spacial score (nSPS) is 36.3. The molecule has 0 spiro atoms. The Labute approximate surface area is 338 Å². The van der Waals surface area contributed by atoms with Crippen molar-refractivity contribution >= 4 is 5.97 Å². The number of hydrogen-bond donors (Lipinski definition) is 4. The molecule has 0 radical (unpaired) electrons. The van der Waals surface area contributed by atoms with Crippen molar-refractivity contribution in [2.24, 2.45) is 34.5 Å². The van der Waals surface area contributed by atoms with Crippen molar-refractivity contribution < 1.29 is 39.4 Å². The van der Waals surface area contributed by atoms with Gasteiger partial charge in [0.05, 0.1) is 23.9 Å². The average molecular weight is 779 g/mol. The van der Waals surface area contributed by atoms with Gasteiger partial charge in [0, 0.05) is 17.4 Å². The predicted molar refractivity (Wildman–Crippen MR) is 219 cm³/mol. The van der Waals surface area contributed by atoms with Gasteiger partial charge in [0.15, 0.2) is 6.29 Å². The van der Waals surface area contributed by atoms with E-state index in [-0.39, 0.29) is 35.6 Å². The third-order valence-corrected chi connectivity index (χ3v) is 15.3. The van der Waals surface area contributed by atoms with Gasteiger partial charge in [-0.25, -0.2) is 4.79 Å². The summed E-state index contributed by atoms with van der Waals surface area (Å²) >= 11 is 0. The highest BCUT2D eigenvalue weighted by Gasteiger charge is 2.62. The average Bonchev–Trinajstić information content (AvgIpc) is 3.63.